The summed E-state index contributed by atoms with van der Waals surface area (Å²) in [6, 6.07) is 8.55. The molecule has 1 aromatic carbocycles. The normalized spacial score (nSPS) is 17.0. The Labute approximate surface area is 137 Å². The average molecular weight is 319 g/mol. The molecule has 0 amide bonds. The van der Waals surface area contributed by atoms with Crippen molar-refractivity contribution < 1.29 is 0 Å². The fourth-order valence-corrected chi connectivity index (χ4v) is 3.34. The van der Waals surface area contributed by atoms with Crippen LogP contribution in [0.1, 0.15) is 37.6 Å². The molecule has 4 nitrogen and oxygen atoms in total. The van der Waals surface area contributed by atoms with Crippen LogP contribution in [0.3, 0.4) is 0 Å². The smallest absolute Gasteiger partial charge is 0.138 e. The first kappa shape index (κ1) is 15.5. The molecule has 0 bridgehead atoms. The maximum absolute atomic E-state index is 6.05. The van der Waals surface area contributed by atoms with Crippen molar-refractivity contribution in [2.24, 2.45) is 0 Å². The average Bonchev–Trinajstić information content (AvgIpc) is 3.16. The number of nitrogens with zero attached hydrogens (tertiary/aromatic N) is 4. The lowest BCUT2D eigenvalue weighted by Gasteiger charge is -2.23. The Morgan fingerprint density at radius 2 is 2.09 bits per heavy atom. The zero-order valence-corrected chi connectivity index (χ0v) is 13.8. The summed E-state index contributed by atoms with van der Waals surface area (Å²) in [4.78, 5) is 7.01. The molecule has 0 aliphatic carbocycles. The predicted octanol–water partition coefficient (Wildman–Crippen LogP) is 3.40. The number of hydrogen-bond acceptors (Lipinski definition) is 3. The van der Waals surface area contributed by atoms with Crippen LogP contribution in [0.2, 0.25) is 5.02 Å². The largest absolute Gasteiger partial charge is 0.301 e. The first-order valence-electron chi connectivity index (χ1n) is 8.07. The van der Waals surface area contributed by atoms with Gasteiger partial charge in [0.1, 0.15) is 12.2 Å². The number of aromatic nitrogens is 3. The molecule has 1 aliphatic heterocycles. The Morgan fingerprint density at radius 1 is 1.27 bits per heavy atom. The third kappa shape index (κ3) is 3.87. The number of aryl methyl sites for hydroxylation is 1. The molecule has 0 unspecified atom stereocenters. The number of likely N-dealkylation sites (tertiary alicyclic amines) is 1. The highest BCUT2D eigenvalue weighted by molar-refractivity contribution is 6.30. The second-order valence-electron chi connectivity index (χ2n) is 6.09. The second-order valence-corrected chi connectivity index (χ2v) is 6.53. The van der Waals surface area contributed by atoms with Crippen molar-refractivity contribution in [2.45, 2.75) is 45.2 Å². The van der Waals surface area contributed by atoms with Crippen LogP contribution in [0.15, 0.2) is 30.6 Å². The highest BCUT2D eigenvalue weighted by atomic mass is 35.5. The predicted molar refractivity (Wildman–Crippen MR) is 89.2 cm³/mol. The highest BCUT2D eigenvalue weighted by Gasteiger charge is 2.18. The van der Waals surface area contributed by atoms with E-state index in [4.69, 9.17) is 11.6 Å². The molecule has 0 saturated carbocycles. The lowest BCUT2D eigenvalue weighted by atomic mass is 10.1. The SMILES string of the molecule is C[C@H](CCc1ncnn1Cc1cccc(Cl)c1)N1CCCC1. The van der Waals surface area contributed by atoms with Crippen LogP contribution in [-0.2, 0) is 13.0 Å². The summed E-state index contributed by atoms with van der Waals surface area (Å²) in [6.45, 7) is 5.55. The molecule has 0 N–H and O–H groups in total. The fourth-order valence-electron chi connectivity index (χ4n) is 3.12. The van der Waals surface area contributed by atoms with E-state index in [2.05, 4.69) is 28.0 Å². The van der Waals surface area contributed by atoms with Gasteiger partial charge in [-0.3, -0.25) is 0 Å². The highest BCUT2D eigenvalue weighted by Crippen LogP contribution is 2.16. The van der Waals surface area contributed by atoms with Gasteiger partial charge in [-0.25, -0.2) is 9.67 Å². The Morgan fingerprint density at radius 3 is 2.86 bits per heavy atom. The van der Waals surface area contributed by atoms with Crippen LogP contribution >= 0.6 is 11.6 Å². The van der Waals surface area contributed by atoms with E-state index in [1.165, 1.54) is 25.9 Å². The van der Waals surface area contributed by atoms with Crippen LogP contribution in [0.25, 0.3) is 0 Å². The van der Waals surface area contributed by atoms with Crippen LogP contribution < -0.4 is 0 Å². The molecule has 118 valence electrons. The molecular weight excluding hydrogens is 296 g/mol. The zero-order valence-electron chi connectivity index (χ0n) is 13.1. The Hall–Kier alpha value is -1.39. The van der Waals surface area contributed by atoms with Crippen molar-refractivity contribution in [3.05, 3.63) is 47.0 Å². The summed E-state index contributed by atoms with van der Waals surface area (Å²) in [5.74, 6) is 1.06. The van der Waals surface area contributed by atoms with Gasteiger partial charge in [-0.05, 0) is 57.0 Å². The van der Waals surface area contributed by atoms with Crippen molar-refractivity contribution in [2.75, 3.05) is 13.1 Å². The number of halogens is 1. The van der Waals surface area contributed by atoms with Gasteiger partial charge in [0.2, 0.25) is 0 Å². The summed E-state index contributed by atoms with van der Waals surface area (Å²) in [7, 11) is 0. The first-order chi connectivity index (χ1) is 10.7. The molecule has 5 heteroatoms. The van der Waals surface area contributed by atoms with Crippen LogP contribution in [0.5, 0.6) is 0 Å². The van der Waals surface area contributed by atoms with Gasteiger partial charge in [-0.15, -0.1) is 0 Å². The van der Waals surface area contributed by atoms with Crippen LogP contribution in [0, 0.1) is 0 Å². The molecule has 2 aromatic rings. The molecule has 0 radical (unpaired) electrons. The topological polar surface area (TPSA) is 34.0 Å². The van der Waals surface area contributed by atoms with Crippen molar-refractivity contribution in [3.63, 3.8) is 0 Å². The van der Waals surface area contributed by atoms with Gasteiger partial charge in [-0.2, -0.15) is 5.10 Å². The fraction of sp³-hybridized carbons (Fsp3) is 0.529. The Balaban J connectivity index is 1.59. The quantitative estimate of drug-likeness (QED) is 0.818. The van der Waals surface area contributed by atoms with Gasteiger partial charge in [0.25, 0.3) is 0 Å². The molecule has 0 spiro atoms. The van der Waals surface area contributed by atoms with Gasteiger partial charge < -0.3 is 4.90 Å². The zero-order chi connectivity index (χ0) is 15.4. The van der Waals surface area contributed by atoms with Gasteiger partial charge >= 0.3 is 0 Å². The first-order valence-corrected chi connectivity index (χ1v) is 8.45. The van der Waals surface area contributed by atoms with Crippen molar-refractivity contribution in [3.8, 4) is 0 Å². The van der Waals surface area contributed by atoms with E-state index >= 15 is 0 Å². The third-order valence-electron chi connectivity index (χ3n) is 4.47. The van der Waals surface area contributed by atoms with Crippen molar-refractivity contribution >= 4 is 11.6 Å². The summed E-state index contributed by atoms with van der Waals surface area (Å²) in [5, 5.41) is 5.13. The molecule has 1 aliphatic rings. The van der Waals surface area contributed by atoms with Crippen LogP contribution in [-0.4, -0.2) is 38.8 Å². The Kier molecular flexibility index (Phi) is 5.11. The summed E-state index contributed by atoms with van der Waals surface area (Å²) < 4.78 is 1.99. The van der Waals surface area contributed by atoms with E-state index in [0.717, 1.165) is 35.8 Å². The molecule has 3 rings (SSSR count). The lowest BCUT2D eigenvalue weighted by molar-refractivity contribution is 0.246. The van der Waals surface area contributed by atoms with E-state index in [-0.39, 0.29) is 0 Å². The van der Waals surface area contributed by atoms with E-state index in [1.54, 1.807) is 6.33 Å². The van der Waals surface area contributed by atoms with E-state index in [1.807, 2.05) is 22.9 Å². The van der Waals surface area contributed by atoms with Gasteiger partial charge in [0.05, 0.1) is 6.54 Å². The molecule has 2 heterocycles. The van der Waals surface area contributed by atoms with Gasteiger partial charge in [0.15, 0.2) is 0 Å². The van der Waals surface area contributed by atoms with E-state index in [0.29, 0.717) is 6.04 Å². The summed E-state index contributed by atoms with van der Waals surface area (Å²) in [6.07, 6.45) is 6.44. The summed E-state index contributed by atoms with van der Waals surface area (Å²) >= 11 is 6.05. The number of benzene rings is 1. The monoisotopic (exact) mass is 318 g/mol. The van der Waals surface area contributed by atoms with Crippen molar-refractivity contribution in [1.82, 2.24) is 19.7 Å². The Bertz CT molecular complexity index is 604. The van der Waals surface area contributed by atoms with Crippen molar-refractivity contribution in [1.29, 1.82) is 0 Å². The standard InChI is InChI=1S/C17H23ClN4/c1-14(21-9-2-3-10-21)7-8-17-19-13-20-22(17)12-15-5-4-6-16(18)11-15/h4-6,11,13-14H,2-3,7-10,12H2,1H3/t14-/m1/s1. The molecule has 1 saturated heterocycles. The maximum Gasteiger partial charge on any atom is 0.138 e. The van der Waals surface area contributed by atoms with Gasteiger partial charge in [-0.1, -0.05) is 23.7 Å². The minimum absolute atomic E-state index is 0.624. The third-order valence-corrected chi connectivity index (χ3v) is 4.70. The lowest BCUT2D eigenvalue weighted by Crippen LogP contribution is -2.30. The van der Waals surface area contributed by atoms with E-state index < -0.39 is 0 Å². The minimum atomic E-state index is 0.624. The number of rotatable bonds is 6. The summed E-state index contributed by atoms with van der Waals surface area (Å²) in [5.41, 5.74) is 1.16. The molecule has 22 heavy (non-hydrogen) atoms. The van der Waals surface area contributed by atoms with Gasteiger partial charge in [0, 0.05) is 17.5 Å². The second kappa shape index (κ2) is 7.25. The molecule has 1 fully saturated rings. The van der Waals surface area contributed by atoms with Crippen LogP contribution in [0.4, 0.5) is 0 Å². The molecule has 1 atom stereocenters. The molecular formula is C17H23ClN4. The molecule has 1 aromatic heterocycles. The maximum atomic E-state index is 6.05. The minimum Gasteiger partial charge on any atom is -0.301 e. The van der Waals surface area contributed by atoms with E-state index in [9.17, 15) is 0 Å². The number of hydrogen-bond donors (Lipinski definition) is 0.